The van der Waals surface area contributed by atoms with Crippen molar-refractivity contribution in [3.63, 3.8) is 0 Å². The van der Waals surface area contributed by atoms with Gasteiger partial charge in [-0.2, -0.15) is 0 Å². The highest BCUT2D eigenvalue weighted by atomic mass is 16.5. The highest BCUT2D eigenvalue weighted by molar-refractivity contribution is 6.05. The van der Waals surface area contributed by atoms with Crippen molar-refractivity contribution in [3.05, 3.63) is 59.4 Å². The van der Waals surface area contributed by atoms with E-state index in [1.165, 1.54) is 0 Å². The third-order valence-electron chi connectivity index (χ3n) is 3.98. The number of pyridine rings is 1. The number of aryl methyl sites for hydroxylation is 1. The maximum absolute atomic E-state index is 12.5. The van der Waals surface area contributed by atoms with Gasteiger partial charge in [-0.15, -0.1) is 0 Å². The number of nitrogens with zero attached hydrogens (tertiary/aromatic N) is 2. The third kappa shape index (κ3) is 4.15. The van der Waals surface area contributed by atoms with E-state index in [-0.39, 0.29) is 5.91 Å². The molecule has 1 saturated heterocycles. The number of amides is 1. The number of hydrogen-bond donors (Lipinski definition) is 1. The summed E-state index contributed by atoms with van der Waals surface area (Å²) in [5.41, 5.74) is 3.53. The van der Waals surface area contributed by atoms with Crippen molar-refractivity contribution in [2.75, 3.05) is 31.6 Å². The molecular formula is C18H21N3O2. The van der Waals surface area contributed by atoms with Crippen molar-refractivity contribution in [1.29, 1.82) is 0 Å². The molecular weight excluding hydrogens is 290 g/mol. The normalized spacial score (nSPS) is 15.3. The van der Waals surface area contributed by atoms with Crippen LogP contribution < -0.4 is 5.32 Å². The first-order valence-electron chi connectivity index (χ1n) is 7.83. The molecule has 2 heterocycles. The molecule has 1 aliphatic rings. The van der Waals surface area contributed by atoms with Gasteiger partial charge >= 0.3 is 0 Å². The van der Waals surface area contributed by atoms with Crippen LogP contribution in [0.15, 0.2) is 42.7 Å². The molecule has 0 bridgehead atoms. The molecule has 1 aliphatic heterocycles. The Morgan fingerprint density at radius 2 is 2.13 bits per heavy atom. The molecule has 0 spiro atoms. The van der Waals surface area contributed by atoms with Gasteiger partial charge in [0.2, 0.25) is 0 Å². The number of ether oxygens (including phenoxy) is 1. The van der Waals surface area contributed by atoms with Gasteiger partial charge in [-0.3, -0.25) is 14.7 Å². The van der Waals surface area contributed by atoms with Gasteiger partial charge in [-0.05, 0) is 36.2 Å². The topological polar surface area (TPSA) is 54.5 Å². The second-order valence-electron chi connectivity index (χ2n) is 5.73. The van der Waals surface area contributed by atoms with Crippen LogP contribution in [-0.4, -0.2) is 42.1 Å². The first-order valence-corrected chi connectivity index (χ1v) is 7.83. The fourth-order valence-electron chi connectivity index (χ4n) is 2.66. The fraction of sp³-hybridized carbons (Fsp3) is 0.333. The van der Waals surface area contributed by atoms with Gasteiger partial charge < -0.3 is 10.1 Å². The van der Waals surface area contributed by atoms with Crippen LogP contribution in [0.5, 0.6) is 0 Å². The predicted octanol–water partition coefficient (Wildman–Crippen LogP) is 2.47. The van der Waals surface area contributed by atoms with Crippen LogP contribution in [-0.2, 0) is 11.3 Å². The molecule has 1 fully saturated rings. The summed E-state index contributed by atoms with van der Waals surface area (Å²) in [6, 6.07) is 9.71. The van der Waals surface area contributed by atoms with Crippen LogP contribution in [0.2, 0.25) is 0 Å². The van der Waals surface area contributed by atoms with Gasteiger partial charge in [0.05, 0.1) is 25.1 Å². The molecule has 1 aromatic heterocycles. The second kappa shape index (κ2) is 7.35. The Morgan fingerprint density at radius 3 is 2.87 bits per heavy atom. The molecule has 3 rings (SSSR count). The van der Waals surface area contributed by atoms with Crippen molar-refractivity contribution < 1.29 is 9.53 Å². The summed E-state index contributed by atoms with van der Waals surface area (Å²) < 4.78 is 5.37. The molecule has 2 aromatic rings. The Labute approximate surface area is 136 Å². The smallest absolute Gasteiger partial charge is 0.255 e. The molecule has 0 aliphatic carbocycles. The van der Waals surface area contributed by atoms with E-state index >= 15 is 0 Å². The highest BCUT2D eigenvalue weighted by Gasteiger charge is 2.14. The molecule has 1 aromatic carbocycles. The van der Waals surface area contributed by atoms with E-state index in [0.717, 1.165) is 44.0 Å². The zero-order valence-corrected chi connectivity index (χ0v) is 13.3. The van der Waals surface area contributed by atoms with Crippen LogP contribution >= 0.6 is 0 Å². The van der Waals surface area contributed by atoms with E-state index < -0.39 is 0 Å². The van der Waals surface area contributed by atoms with Crippen molar-refractivity contribution in [2.24, 2.45) is 0 Å². The molecule has 5 nitrogen and oxygen atoms in total. The number of nitrogens with one attached hydrogen (secondary N) is 1. The maximum Gasteiger partial charge on any atom is 0.255 e. The largest absolute Gasteiger partial charge is 0.379 e. The van der Waals surface area contributed by atoms with Gasteiger partial charge in [0.25, 0.3) is 5.91 Å². The van der Waals surface area contributed by atoms with Crippen LogP contribution in [0.1, 0.15) is 21.5 Å². The lowest BCUT2D eigenvalue weighted by molar-refractivity contribution is 0.0342. The first kappa shape index (κ1) is 15.6. The molecule has 0 atom stereocenters. The molecule has 0 unspecified atom stereocenters. The number of benzene rings is 1. The van der Waals surface area contributed by atoms with Gasteiger partial charge in [0.1, 0.15) is 0 Å². The minimum atomic E-state index is -0.0978. The summed E-state index contributed by atoms with van der Waals surface area (Å²) >= 11 is 0. The van der Waals surface area contributed by atoms with E-state index in [1.807, 2.05) is 25.1 Å². The summed E-state index contributed by atoms with van der Waals surface area (Å²) in [6.07, 6.45) is 3.33. The lowest BCUT2D eigenvalue weighted by Gasteiger charge is -2.26. The van der Waals surface area contributed by atoms with Crippen molar-refractivity contribution in [3.8, 4) is 0 Å². The maximum atomic E-state index is 12.5. The Balaban J connectivity index is 1.73. The Hall–Kier alpha value is -2.24. The summed E-state index contributed by atoms with van der Waals surface area (Å²) in [5.74, 6) is -0.0978. The summed E-state index contributed by atoms with van der Waals surface area (Å²) in [7, 11) is 0. The van der Waals surface area contributed by atoms with Gasteiger partial charge in [-0.1, -0.05) is 12.1 Å². The van der Waals surface area contributed by atoms with Crippen LogP contribution in [0.25, 0.3) is 0 Å². The van der Waals surface area contributed by atoms with Gasteiger partial charge in [-0.25, -0.2) is 0 Å². The number of morpholine rings is 1. The Kier molecular flexibility index (Phi) is 5.00. The zero-order valence-electron chi connectivity index (χ0n) is 13.3. The minimum absolute atomic E-state index is 0.0978. The van der Waals surface area contributed by atoms with Gasteiger partial charge in [0, 0.05) is 31.4 Å². The lowest BCUT2D eigenvalue weighted by atomic mass is 10.0. The standard InChI is InChI=1S/C18H21N3O2/c1-14-4-5-15(13-21-7-9-23-10-8-21)11-17(14)18(22)20-16-3-2-6-19-12-16/h2-6,11-12H,7-10,13H2,1H3,(H,20,22). The Bertz CT molecular complexity index is 667. The number of aromatic nitrogens is 1. The zero-order chi connectivity index (χ0) is 16.1. The van der Waals surface area contributed by atoms with Gasteiger partial charge in [0.15, 0.2) is 0 Å². The molecule has 1 N–H and O–H groups in total. The number of rotatable bonds is 4. The number of hydrogen-bond acceptors (Lipinski definition) is 4. The van der Waals surface area contributed by atoms with E-state index in [2.05, 4.69) is 21.3 Å². The Morgan fingerprint density at radius 1 is 1.30 bits per heavy atom. The van der Waals surface area contributed by atoms with E-state index in [1.54, 1.807) is 18.5 Å². The quantitative estimate of drug-likeness (QED) is 0.942. The van der Waals surface area contributed by atoms with E-state index in [4.69, 9.17) is 4.74 Å². The molecule has 23 heavy (non-hydrogen) atoms. The lowest BCUT2D eigenvalue weighted by Crippen LogP contribution is -2.35. The summed E-state index contributed by atoms with van der Waals surface area (Å²) in [6.45, 7) is 6.23. The van der Waals surface area contributed by atoms with E-state index in [0.29, 0.717) is 11.3 Å². The van der Waals surface area contributed by atoms with Crippen LogP contribution in [0.3, 0.4) is 0 Å². The van der Waals surface area contributed by atoms with Crippen molar-refractivity contribution in [2.45, 2.75) is 13.5 Å². The SMILES string of the molecule is Cc1ccc(CN2CCOCC2)cc1C(=O)Nc1cccnc1. The number of anilines is 1. The summed E-state index contributed by atoms with van der Waals surface area (Å²) in [5, 5.41) is 2.89. The highest BCUT2D eigenvalue weighted by Crippen LogP contribution is 2.16. The number of carbonyl (C=O) groups is 1. The average Bonchev–Trinajstić information content (AvgIpc) is 2.58. The monoisotopic (exact) mass is 311 g/mol. The minimum Gasteiger partial charge on any atom is -0.379 e. The molecule has 5 heteroatoms. The fourth-order valence-corrected chi connectivity index (χ4v) is 2.66. The average molecular weight is 311 g/mol. The first-order chi connectivity index (χ1) is 11.2. The van der Waals surface area contributed by atoms with E-state index in [9.17, 15) is 4.79 Å². The predicted molar refractivity (Wildman–Crippen MR) is 89.5 cm³/mol. The third-order valence-corrected chi connectivity index (χ3v) is 3.98. The summed E-state index contributed by atoms with van der Waals surface area (Å²) in [4.78, 5) is 18.9. The second-order valence-corrected chi connectivity index (χ2v) is 5.73. The van der Waals surface area contributed by atoms with Crippen LogP contribution in [0.4, 0.5) is 5.69 Å². The molecule has 0 radical (unpaired) electrons. The molecule has 1 amide bonds. The molecule has 0 saturated carbocycles. The van der Waals surface area contributed by atoms with Crippen molar-refractivity contribution >= 4 is 11.6 Å². The van der Waals surface area contributed by atoms with Crippen molar-refractivity contribution in [1.82, 2.24) is 9.88 Å². The molecule has 120 valence electrons. The number of carbonyl (C=O) groups excluding carboxylic acids is 1. The van der Waals surface area contributed by atoms with Crippen LogP contribution in [0, 0.1) is 6.92 Å².